The number of aryl methyl sites for hydroxylation is 1. The third kappa shape index (κ3) is 3.93. The van der Waals surface area contributed by atoms with E-state index in [1.54, 1.807) is 11.8 Å². The van der Waals surface area contributed by atoms with Gasteiger partial charge in [-0.3, -0.25) is 0 Å². The van der Waals surface area contributed by atoms with Crippen LogP contribution in [0.25, 0.3) is 0 Å². The number of hydrogen-bond acceptors (Lipinski definition) is 3. The highest BCUT2D eigenvalue weighted by atomic mass is 32.2. The van der Waals surface area contributed by atoms with Crippen molar-refractivity contribution in [2.75, 3.05) is 5.73 Å². The average molecular weight is 273 g/mol. The summed E-state index contributed by atoms with van der Waals surface area (Å²) in [6, 6.07) is 14.2. The summed E-state index contributed by atoms with van der Waals surface area (Å²) < 4.78 is 5.71. The van der Waals surface area contributed by atoms with Gasteiger partial charge >= 0.3 is 0 Å². The Morgan fingerprint density at radius 3 is 2.53 bits per heavy atom. The predicted octanol–water partition coefficient (Wildman–Crippen LogP) is 4.52. The van der Waals surface area contributed by atoms with E-state index >= 15 is 0 Å². The molecule has 0 heterocycles. The topological polar surface area (TPSA) is 35.2 Å². The molecule has 2 aromatic rings. The molecule has 100 valence electrons. The van der Waals surface area contributed by atoms with Crippen LogP contribution in [0.3, 0.4) is 0 Å². The van der Waals surface area contributed by atoms with Crippen molar-refractivity contribution in [2.45, 2.75) is 36.7 Å². The normalized spacial score (nSPS) is 10.7. The molecule has 0 saturated carbocycles. The van der Waals surface area contributed by atoms with Crippen LogP contribution in [0.4, 0.5) is 5.69 Å². The van der Waals surface area contributed by atoms with Crippen molar-refractivity contribution in [1.82, 2.24) is 0 Å². The quantitative estimate of drug-likeness (QED) is 0.832. The molecule has 0 radical (unpaired) electrons. The van der Waals surface area contributed by atoms with E-state index in [4.69, 9.17) is 10.5 Å². The lowest BCUT2D eigenvalue weighted by Crippen LogP contribution is -2.05. The van der Waals surface area contributed by atoms with E-state index in [2.05, 4.69) is 19.1 Å². The van der Waals surface area contributed by atoms with Gasteiger partial charge in [0.1, 0.15) is 5.75 Å². The van der Waals surface area contributed by atoms with Crippen LogP contribution < -0.4 is 10.5 Å². The maximum Gasteiger partial charge on any atom is 0.122 e. The molecule has 0 amide bonds. The number of hydrogen-bond donors (Lipinski definition) is 1. The molecule has 2 aromatic carbocycles. The van der Waals surface area contributed by atoms with Gasteiger partial charge in [0.25, 0.3) is 0 Å². The summed E-state index contributed by atoms with van der Waals surface area (Å²) in [5.41, 5.74) is 7.93. The number of anilines is 1. The minimum atomic E-state index is 0.151. The average Bonchev–Trinajstić information content (AvgIpc) is 2.30. The Kier molecular flexibility index (Phi) is 4.38. The summed E-state index contributed by atoms with van der Waals surface area (Å²) in [7, 11) is 0. The second-order valence-corrected chi connectivity index (χ2v) is 5.89. The highest BCUT2D eigenvalue weighted by Gasteiger charge is 2.05. The molecule has 0 atom stereocenters. The van der Waals surface area contributed by atoms with Crippen LogP contribution >= 0.6 is 11.8 Å². The molecule has 2 N–H and O–H groups in total. The second-order valence-electron chi connectivity index (χ2n) is 4.77. The summed E-state index contributed by atoms with van der Waals surface area (Å²) in [4.78, 5) is 2.34. The monoisotopic (exact) mass is 273 g/mol. The van der Waals surface area contributed by atoms with E-state index in [1.165, 1.54) is 10.5 Å². The van der Waals surface area contributed by atoms with Crippen molar-refractivity contribution in [3.05, 3.63) is 48.0 Å². The maximum atomic E-state index is 5.93. The molecule has 3 heteroatoms. The first kappa shape index (κ1) is 13.8. The lowest BCUT2D eigenvalue weighted by atomic mass is 10.2. The van der Waals surface area contributed by atoms with Crippen LogP contribution in [0.2, 0.25) is 0 Å². The van der Waals surface area contributed by atoms with Gasteiger partial charge in [0.15, 0.2) is 0 Å². The summed E-state index contributed by atoms with van der Waals surface area (Å²) >= 11 is 1.71. The first-order chi connectivity index (χ1) is 9.04. The Labute approximate surface area is 119 Å². The molecule has 0 bridgehead atoms. The Hall–Kier alpha value is -1.61. The van der Waals surface area contributed by atoms with Gasteiger partial charge in [-0.1, -0.05) is 30.0 Å². The van der Waals surface area contributed by atoms with Crippen LogP contribution in [-0.4, -0.2) is 6.10 Å². The van der Waals surface area contributed by atoms with Crippen molar-refractivity contribution in [2.24, 2.45) is 0 Å². The fourth-order valence-corrected chi connectivity index (χ4v) is 2.79. The van der Waals surface area contributed by atoms with Crippen LogP contribution in [-0.2, 0) is 0 Å². The zero-order valence-electron chi connectivity index (χ0n) is 11.5. The van der Waals surface area contributed by atoms with Gasteiger partial charge in [0.05, 0.1) is 6.10 Å². The van der Waals surface area contributed by atoms with E-state index in [-0.39, 0.29) is 6.10 Å². The van der Waals surface area contributed by atoms with Gasteiger partial charge in [-0.25, -0.2) is 0 Å². The summed E-state index contributed by atoms with van der Waals surface area (Å²) in [6.45, 7) is 6.13. The zero-order valence-corrected chi connectivity index (χ0v) is 12.3. The molecule has 2 nitrogen and oxygen atoms in total. The number of rotatable bonds is 4. The molecule has 2 rings (SSSR count). The predicted molar refractivity (Wildman–Crippen MR) is 81.9 cm³/mol. The standard InChI is InChI=1S/C16H19NOS/c1-11(2)18-14-8-13(17)9-15(10-14)19-16-7-5-4-6-12(16)3/h4-11H,17H2,1-3H3. The summed E-state index contributed by atoms with van der Waals surface area (Å²) in [5, 5.41) is 0. The molecular formula is C16H19NOS. The van der Waals surface area contributed by atoms with E-state index in [1.807, 2.05) is 44.2 Å². The molecule has 0 saturated heterocycles. The first-order valence-corrected chi connectivity index (χ1v) is 7.17. The molecule has 0 fully saturated rings. The lowest BCUT2D eigenvalue weighted by molar-refractivity contribution is 0.242. The van der Waals surface area contributed by atoms with Crippen LogP contribution in [0, 0.1) is 6.92 Å². The molecule has 0 aliphatic rings. The Morgan fingerprint density at radius 1 is 1.11 bits per heavy atom. The highest BCUT2D eigenvalue weighted by molar-refractivity contribution is 7.99. The van der Waals surface area contributed by atoms with Gasteiger partial charge < -0.3 is 10.5 Å². The van der Waals surface area contributed by atoms with Gasteiger partial charge in [-0.05, 0) is 44.5 Å². The smallest absolute Gasteiger partial charge is 0.122 e. The molecule has 0 aliphatic heterocycles. The van der Waals surface area contributed by atoms with Gasteiger partial charge in [-0.2, -0.15) is 0 Å². The second kappa shape index (κ2) is 6.02. The first-order valence-electron chi connectivity index (χ1n) is 6.35. The molecule has 19 heavy (non-hydrogen) atoms. The minimum absolute atomic E-state index is 0.151. The van der Waals surface area contributed by atoms with Crippen LogP contribution in [0.1, 0.15) is 19.4 Å². The number of nitrogen functional groups attached to an aromatic ring is 1. The van der Waals surface area contributed by atoms with E-state index in [0.29, 0.717) is 0 Å². The number of nitrogens with two attached hydrogens (primary N) is 1. The van der Waals surface area contributed by atoms with Crippen molar-refractivity contribution in [1.29, 1.82) is 0 Å². The fraction of sp³-hybridized carbons (Fsp3) is 0.250. The SMILES string of the molecule is Cc1ccccc1Sc1cc(N)cc(OC(C)C)c1. The maximum absolute atomic E-state index is 5.93. The molecule has 0 aliphatic carbocycles. The van der Waals surface area contributed by atoms with Gasteiger partial charge in [0.2, 0.25) is 0 Å². The Balaban J connectivity index is 2.25. The van der Waals surface area contributed by atoms with Crippen molar-refractivity contribution in [3.63, 3.8) is 0 Å². The van der Waals surface area contributed by atoms with E-state index < -0.39 is 0 Å². The summed E-state index contributed by atoms with van der Waals surface area (Å²) in [6.07, 6.45) is 0.151. The van der Waals surface area contributed by atoms with Gasteiger partial charge in [-0.15, -0.1) is 0 Å². The largest absolute Gasteiger partial charge is 0.491 e. The minimum Gasteiger partial charge on any atom is -0.491 e. The number of ether oxygens (including phenoxy) is 1. The highest BCUT2D eigenvalue weighted by Crippen LogP contribution is 2.34. The lowest BCUT2D eigenvalue weighted by Gasteiger charge is -2.12. The third-order valence-corrected chi connectivity index (χ3v) is 3.74. The van der Waals surface area contributed by atoms with Crippen molar-refractivity contribution < 1.29 is 4.74 Å². The summed E-state index contributed by atoms with van der Waals surface area (Å²) in [5.74, 6) is 0.825. The number of benzene rings is 2. The molecule has 0 spiro atoms. The van der Waals surface area contributed by atoms with Crippen molar-refractivity contribution in [3.8, 4) is 5.75 Å². The molecular weight excluding hydrogens is 254 g/mol. The van der Waals surface area contributed by atoms with Gasteiger partial charge in [0, 0.05) is 21.5 Å². The Morgan fingerprint density at radius 2 is 1.84 bits per heavy atom. The van der Waals surface area contributed by atoms with E-state index in [9.17, 15) is 0 Å². The molecule has 0 aromatic heterocycles. The third-order valence-electron chi connectivity index (χ3n) is 2.60. The van der Waals surface area contributed by atoms with Crippen LogP contribution in [0.15, 0.2) is 52.3 Å². The van der Waals surface area contributed by atoms with E-state index in [0.717, 1.165) is 16.3 Å². The van der Waals surface area contributed by atoms with Crippen molar-refractivity contribution >= 4 is 17.4 Å². The van der Waals surface area contributed by atoms with Crippen LogP contribution in [0.5, 0.6) is 5.75 Å². The zero-order chi connectivity index (χ0) is 13.8. The Bertz CT molecular complexity index is 566. The molecule has 0 unspecified atom stereocenters. The fourth-order valence-electron chi connectivity index (χ4n) is 1.79.